The van der Waals surface area contributed by atoms with Crippen molar-refractivity contribution in [2.24, 2.45) is 0 Å². The molecule has 0 N–H and O–H groups in total. The molecule has 0 aliphatic carbocycles. The van der Waals surface area contributed by atoms with Gasteiger partial charge in [0.2, 0.25) is 0 Å². The molecule has 0 saturated carbocycles. The lowest BCUT2D eigenvalue weighted by Crippen LogP contribution is -1.82. The van der Waals surface area contributed by atoms with Crippen LogP contribution in [-0.4, -0.2) is 0 Å². The minimum atomic E-state index is 1.23. The Morgan fingerprint density at radius 2 is 1.76 bits per heavy atom. The standard InChI is InChI=1S/C20H22S/c1-2-3-4-5-11-18-14-17(15-21-18)20-13-8-10-16-9-6-7-12-19(16)20/h6-10,12-15H,2-5,11H2,1H3. The maximum Gasteiger partial charge on any atom is 0.00516 e. The zero-order chi connectivity index (χ0) is 14.5. The number of unbranched alkanes of at least 4 members (excludes halogenated alkanes) is 3. The molecule has 0 amide bonds. The predicted molar refractivity (Wildman–Crippen MR) is 95.1 cm³/mol. The third-order valence-electron chi connectivity index (χ3n) is 4.03. The van der Waals surface area contributed by atoms with Crippen LogP contribution in [0.1, 0.15) is 37.5 Å². The first-order valence-corrected chi connectivity index (χ1v) is 8.82. The van der Waals surface area contributed by atoms with Crippen molar-refractivity contribution in [3.8, 4) is 11.1 Å². The Hall–Kier alpha value is -1.60. The molecule has 0 unspecified atom stereocenters. The van der Waals surface area contributed by atoms with Crippen LogP contribution in [-0.2, 0) is 6.42 Å². The van der Waals surface area contributed by atoms with E-state index in [1.54, 1.807) is 0 Å². The molecule has 0 aliphatic heterocycles. The van der Waals surface area contributed by atoms with Gasteiger partial charge in [-0.25, -0.2) is 0 Å². The molecule has 0 atom stereocenters. The molecule has 1 heterocycles. The van der Waals surface area contributed by atoms with E-state index in [2.05, 4.69) is 60.8 Å². The molecule has 0 saturated heterocycles. The Labute approximate surface area is 131 Å². The van der Waals surface area contributed by atoms with Gasteiger partial charge in [0.25, 0.3) is 0 Å². The number of rotatable bonds is 6. The second-order valence-corrected chi connectivity index (χ2v) is 6.63. The maximum absolute atomic E-state index is 2.39. The van der Waals surface area contributed by atoms with Crippen LogP contribution < -0.4 is 0 Å². The Balaban J connectivity index is 1.81. The molecule has 1 heteroatoms. The molecule has 3 aromatic rings. The van der Waals surface area contributed by atoms with Crippen molar-refractivity contribution in [3.05, 3.63) is 58.8 Å². The van der Waals surface area contributed by atoms with E-state index in [-0.39, 0.29) is 0 Å². The summed E-state index contributed by atoms with van der Waals surface area (Å²) in [5, 5.41) is 5.00. The number of fused-ring (bicyclic) bond motifs is 1. The lowest BCUT2D eigenvalue weighted by Gasteiger charge is -2.04. The molecule has 0 nitrogen and oxygen atoms in total. The first-order valence-electron chi connectivity index (χ1n) is 7.94. The summed E-state index contributed by atoms with van der Waals surface area (Å²) in [7, 11) is 0. The minimum Gasteiger partial charge on any atom is -0.148 e. The quantitative estimate of drug-likeness (QED) is 0.444. The van der Waals surface area contributed by atoms with Gasteiger partial charge < -0.3 is 0 Å². The Morgan fingerprint density at radius 1 is 0.905 bits per heavy atom. The van der Waals surface area contributed by atoms with Gasteiger partial charge in [0, 0.05) is 4.88 Å². The molecule has 0 fully saturated rings. The van der Waals surface area contributed by atoms with E-state index in [1.807, 2.05) is 11.3 Å². The van der Waals surface area contributed by atoms with Crippen molar-refractivity contribution in [2.45, 2.75) is 39.0 Å². The summed E-state index contributed by atoms with van der Waals surface area (Å²) in [6, 6.07) is 17.6. The van der Waals surface area contributed by atoms with Gasteiger partial charge in [-0.05, 0) is 46.2 Å². The van der Waals surface area contributed by atoms with Gasteiger partial charge >= 0.3 is 0 Å². The fraction of sp³-hybridized carbons (Fsp3) is 0.300. The average molecular weight is 294 g/mol. The van der Waals surface area contributed by atoms with E-state index in [9.17, 15) is 0 Å². The zero-order valence-electron chi connectivity index (χ0n) is 12.6. The van der Waals surface area contributed by atoms with E-state index < -0.39 is 0 Å². The second-order valence-electron chi connectivity index (χ2n) is 5.64. The highest BCUT2D eigenvalue weighted by atomic mass is 32.1. The van der Waals surface area contributed by atoms with Gasteiger partial charge in [0.1, 0.15) is 0 Å². The van der Waals surface area contributed by atoms with Crippen LogP contribution in [0.4, 0.5) is 0 Å². The summed E-state index contributed by atoms with van der Waals surface area (Å²) in [5.74, 6) is 0. The summed E-state index contributed by atoms with van der Waals surface area (Å²) in [6.45, 7) is 2.27. The SMILES string of the molecule is CCCCCCc1cc(-c2cccc3ccccc23)cs1. The number of aryl methyl sites for hydroxylation is 1. The van der Waals surface area contributed by atoms with Crippen molar-refractivity contribution >= 4 is 22.1 Å². The van der Waals surface area contributed by atoms with E-state index >= 15 is 0 Å². The lowest BCUT2D eigenvalue weighted by atomic mass is 10.00. The summed E-state index contributed by atoms with van der Waals surface area (Å²) in [4.78, 5) is 1.52. The lowest BCUT2D eigenvalue weighted by molar-refractivity contribution is 0.670. The monoisotopic (exact) mass is 294 g/mol. The fourth-order valence-electron chi connectivity index (χ4n) is 2.86. The summed E-state index contributed by atoms with van der Waals surface area (Å²) < 4.78 is 0. The van der Waals surface area contributed by atoms with Crippen molar-refractivity contribution in [2.75, 3.05) is 0 Å². The molecular weight excluding hydrogens is 272 g/mol. The minimum absolute atomic E-state index is 1.23. The summed E-state index contributed by atoms with van der Waals surface area (Å²) >= 11 is 1.91. The van der Waals surface area contributed by atoms with Gasteiger partial charge in [0.15, 0.2) is 0 Å². The van der Waals surface area contributed by atoms with Crippen molar-refractivity contribution < 1.29 is 0 Å². The Kier molecular flexibility index (Phi) is 4.72. The van der Waals surface area contributed by atoms with E-state index in [4.69, 9.17) is 0 Å². The number of hydrogen-bond donors (Lipinski definition) is 0. The first-order chi connectivity index (χ1) is 10.4. The number of thiophene rings is 1. The fourth-order valence-corrected chi connectivity index (χ4v) is 3.79. The Morgan fingerprint density at radius 3 is 2.67 bits per heavy atom. The van der Waals surface area contributed by atoms with Gasteiger partial charge in [-0.3, -0.25) is 0 Å². The third kappa shape index (κ3) is 3.36. The van der Waals surface area contributed by atoms with Crippen LogP contribution in [0.3, 0.4) is 0 Å². The summed E-state index contributed by atoms with van der Waals surface area (Å²) in [5.41, 5.74) is 2.74. The van der Waals surface area contributed by atoms with Crippen molar-refractivity contribution in [1.29, 1.82) is 0 Å². The molecular formula is C20H22S. The van der Waals surface area contributed by atoms with Gasteiger partial charge in [0.05, 0.1) is 0 Å². The number of benzene rings is 2. The normalized spacial score (nSPS) is 11.1. The van der Waals surface area contributed by atoms with E-state index in [1.165, 1.54) is 58.9 Å². The topological polar surface area (TPSA) is 0 Å². The molecule has 0 spiro atoms. The van der Waals surface area contributed by atoms with Crippen LogP contribution >= 0.6 is 11.3 Å². The average Bonchev–Trinajstić information content (AvgIpc) is 3.00. The van der Waals surface area contributed by atoms with Crippen LogP contribution in [0.15, 0.2) is 53.9 Å². The van der Waals surface area contributed by atoms with E-state index in [0.717, 1.165) is 0 Å². The van der Waals surface area contributed by atoms with Gasteiger partial charge in [-0.2, -0.15) is 0 Å². The predicted octanol–water partition coefficient (Wildman–Crippen LogP) is 6.69. The molecule has 0 aliphatic rings. The molecule has 108 valence electrons. The van der Waals surface area contributed by atoms with Crippen LogP contribution in [0, 0.1) is 0 Å². The van der Waals surface area contributed by atoms with Crippen molar-refractivity contribution in [1.82, 2.24) is 0 Å². The highest BCUT2D eigenvalue weighted by molar-refractivity contribution is 7.10. The molecule has 0 radical (unpaired) electrons. The van der Waals surface area contributed by atoms with Crippen molar-refractivity contribution in [3.63, 3.8) is 0 Å². The highest BCUT2D eigenvalue weighted by Gasteiger charge is 2.06. The van der Waals surface area contributed by atoms with Gasteiger partial charge in [-0.15, -0.1) is 11.3 Å². The third-order valence-corrected chi connectivity index (χ3v) is 5.03. The van der Waals surface area contributed by atoms with Crippen LogP contribution in [0.5, 0.6) is 0 Å². The largest absolute Gasteiger partial charge is 0.148 e. The molecule has 2 aromatic carbocycles. The molecule has 3 rings (SSSR count). The highest BCUT2D eigenvalue weighted by Crippen LogP contribution is 2.32. The Bertz CT molecular complexity index is 703. The van der Waals surface area contributed by atoms with E-state index in [0.29, 0.717) is 0 Å². The zero-order valence-corrected chi connectivity index (χ0v) is 13.5. The second kappa shape index (κ2) is 6.91. The van der Waals surface area contributed by atoms with Gasteiger partial charge in [-0.1, -0.05) is 68.7 Å². The maximum atomic E-state index is 2.39. The summed E-state index contributed by atoms with van der Waals surface area (Å²) in [6.07, 6.45) is 6.59. The number of hydrogen-bond acceptors (Lipinski definition) is 1. The molecule has 21 heavy (non-hydrogen) atoms. The molecule has 0 bridgehead atoms. The smallest absolute Gasteiger partial charge is 0.00516 e. The molecule has 1 aromatic heterocycles. The van der Waals surface area contributed by atoms with Crippen LogP contribution in [0.2, 0.25) is 0 Å². The van der Waals surface area contributed by atoms with Crippen LogP contribution in [0.25, 0.3) is 21.9 Å². The first kappa shape index (κ1) is 14.3.